The number of carboxylic acids is 2. The topological polar surface area (TPSA) is 308 Å². The van der Waals surface area contributed by atoms with Crippen LogP contribution in [-0.4, -0.2) is 134 Å². The molecule has 3 fully saturated rings. The lowest BCUT2D eigenvalue weighted by atomic mass is 9.92. The van der Waals surface area contributed by atoms with Crippen molar-refractivity contribution in [3.63, 3.8) is 0 Å². The molecular formula is C62H76Br2F6N8O12S2. The van der Waals surface area contributed by atoms with Gasteiger partial charge in [-0.3, -0.25) is 19.6 Å². The molecule has 4 aromatic heterocycles. The molecule has 2 aromatic carbocycles. The molecule has 30 heteroatoms. The number of aromatic nitrogens is 4. The molecule has 92 heavy (non-hydrogen) atoms. The first-order valence-corrected chi connectivity index (χ1v) is 35.3. The highest BCUT2D eigenvalue weighted by Crippen LogP contribution is 2.33. The molecular weight excluding hydrogens is 1390 g/mol. The molecule has 6 N–H and O–H groups in total. The van der Waals surface area contributed by atoms with E-state index in [-0.39, 0.29) is 39.9 Å². The van der Waals surface area contributed by atoms with E-state index < -0.39 is 44.0 Å². The van der Waals surface area contributed by atoms with Crippen molar-refractivity contribution in [2.45, 2.75) is 163 Å². The number of hydrogen-bond acceptors (Lipinski definition) is 16. The molecule has 3 aliphatic rings. The number of likely N-dealkylation sites (tertiary alicyclic amines) is 1. The number of aliphatic carboxylic acids is 2. The first-order valence-electron chi connectivity index (χ1n) is 29.6. The number of aryl methyl sites for hydroxylation is 2. The Bertz CT molecular complexity index is 3470. The van der Waals surface area contributed by atoms with E-state index in [1.807, 2.05) is 24.3 Å². The molecule has 2 aliphatic carbocycles. The Morgan fingerprint density at radius 1 is 0.587 bits per heavy atom. The Morgan fingerprint density at radius 3 is 1.29 bits per heavy atom. The lowest BCUT2D eigenvalue weighted by Crippen LogP contribution is -2.43. The monoisotopic (exact) mass is 1460 g/mol. The second-order valence-corrected chi connectivity index (χ2v) is 28.2. The molecule has 2 amide bonds. The summed E-state index contributed by atoms with van der Waals surface area (Å²) >= 11 is 6.73. The van der Waals surface area contributed by atoms with Gasteiger partial charge in [0.05, 0.1) is 33.4 Å². The number of rotatable bonds is 19. The van der Waals surface area contributed by atoms with Crippen LogP contribution in [0.1, 0.15) is 145 Å². The zero-order valence-electron chi connectivity index (χ0n) is 50.7. The number of halogens is 8. The SMILES string of the molecule is BrCCCCCBr.Cc1oc(-c2ccc(C(=O)NCc3cccnc3)cc2)nc1CS(=O)(=O)C1CCC(N)CC1.Cc1oc(-c2ccc(C(=O)NCc3cccnc3)cc2)nc1CS(=O)(=O)C1CCC(N2CCCCC2)CC1.O=C(O)C(F)(F)F.O=C(O)C(F)(F)F. The quantitative estimate of drug-likeness (QED) is 0.0286. The highest BCUT2D eigenvalue weighted by atomic mass is 79.9. The third-order valence-electron chi connectivity index (χ3n) is 15.1. The number of carbonyl (C=O) groups is 4. The number of nitrogens with one attached hydrogen (secondary N) is 2. The zero-order valence-corrected chi connectivity index (χ0v) is 55.5. The number of hydrogen-bond donors (Lipinski definition) is 5. The smallest absolute Gasteiger partial charge is 0.475 e. The van der Waals surface area contributed by atoms with Gasteiger partial charge in [-0.15, -0.1) is 0 Å². The minimum absolute atomic E-state index is 0.0947. The highest BCUT2D eigenvalue weighted by Gasteiger charge is 2.39. The zero-order chi connectivity index (χ0) is 67.7. The summed E-state index contributed by atoms with van der Waals surface area (Å²) in [7, 11) is -6.66. The number of sulfone groups is 2. The summed E-state index contributed by atoms with van der Waals surface area (Å²) in [6.45, 7) is 6.57. The number of carbonyl (C=O) groups excluding carboxylic acids is 2. The van der Waals surface area contributed by atoms with Crippen LogP contribution in [0.15, 0.2) is 106 Å². The Hall–Kier alpha value is -6.60. The number of piperidine rings is 1. The van der Waals surface area contributed by atoms with Crippen LogP contribution in [0, 0.1) is 13.8 Å². The minimum Gasteiger partial charge on any atom is -0.475 e. The number of benzene rings is 2. The van der Waals surface area contributed by atoms with Gasteiger partial charge >= 0.3 is 24.3 Å². The summed E-state index contributed by atoms with van der Waals surface area (Å²) in [6.07, 6.45) is 10.4. The molecule has 20 nitrogen and oxygen atoms in total. The number of amides is 2. The van der Waals surface area contributed by atoms with E-state index in [2.05, 4.69) is 67.3 Å². The summed E-state index contributed by atoms with van der Waals surface area (Å²) in [4.78, 5) is 62.3. The largest absolute Gasteiger partial charge is 0.490 e. The van der Waals surface area contributed by atoms with Gasteiger partial charge < -0.3 is 40.3 Å². The van der Waals surface area contributed by atoms with Gasteiger partial charge in [-0.1, -0.05) is 56.8 Å². The van der Waals surface area contributed by atoms with E-state index in [1.165, 1.54) is 38.5 Å². The van der Waals surface area contributed by atoms with Gasteiger partial charge in [0.15, 0.2) is 19.7 Å². The van der Waals surface area contributed by atoms with Gasteiger partial charge in [-0.25, -0.2) is 36.4 Å². The van der Waals surface area contributed by atoms with Crippen LogP contribution in [0.2, 0.25) is 0 Å². The number of carboxylic acid groups (broad SMARTS) is 2. The molecule has 2 saturated carbocycles. The molecule has 0 unspecified atom stereocenters. The fourth-order valence-electron chi connectivity index (χ4n) is 9.96. The molecule has 0 radical (unpaired) electrons. The third kappa shape index (κ3) is 25.4. The molecule has 0 atom stereocenters. The van der Waals surface area contributed by atoms with Crippen molar-refractivity contribution in [1.82, 2.24) is 35.5 Å². The molecule has 9 rings (SSSR count). The van der Waals surface area contributed by atoms with E-state index >= 15 is 0 Å². The number of alkyl halides is 8. The van der Waals surface area contributed by atoms with Gasteiger partial charge in [-0.2, -0.15) is 26.3 Å². The summed E-state index contributed by atoms with van der Waals surface area (Å²) in [5.41, 5.74) is 11.0. The summed E-state index contributed by atoms with van der Waals surface area (Å²) in [5, 5.41) is 21.6. The number of oxazole rings is 2. The van der Waals surface area contributed by atoms with Gasteiger partial charge in [0.2, 0.25) is 11.8 Å². The Labute approximate surface area is 547 Å². The lowest BCUT2D eigenvalue weighted by molar-refractivity contribution is -0.193. The maximum Gasteiger partial charge on any atom is 0.490 e. The van der Waals surface area contributed by atoms with Crippen molar-refractivity contribution in [2.75, 3.05) is 23.7 Å². The molecule has 5 heterocycles. The first kappa shape index (κ1) is 76.1. The maximum absolute atomic E-state index is 13.3. The molecule has 504 valence electrons. The number of pyridine rings is 2. The first-order chi connectivity index (χ1) is 43.5. The second kappa shape index (κ2) is 36.7. The summed E-state index contributed by atoms with van der Waals surface area (Å²) in [5.74, 6) is -4.44. The Kier molecular flexibility index (Phi) is 30.4. The number of nitrogens with zero attached hydrogens (tertiary/aromatic N) is 5. The van der Waals surface area contributed by atoms with Crippen LogP contribution in [0.3, 0.4) is 0 Å². The summed E-state index contributed by atoms with van der Waals surface area (Å²) in [6, 6.07) is 21.9. The fourth-order valence-corrected chi connectivity index (χ4v) is 14.5. The molecule has 1 saturated heterocycles. The number of nitrogens with two attached hydrogens (primary N) is 1. The van der Waals surface area contributed by atoms with Crippen LogP contribution >= 0.6 is 31.9 Å². The van der Waals surface area contributed by atoms with Gasteiger partial charge in [0.25, 0.3) is 11.8 Å². The maximum atomic E-state index is 13.3. The molecule has 0 spiro atoms. The van der Waals surface area contributed by atoms with Crippen LogP contribution in [0.4, 0.5) is 26.3 Å². The fraction of sp³-hybridized carbons (Fsp3) is 0.484. The van der Waals surface area contributed by atoms with E-state index in [9.17, 15) is 52.8 Å². The predicted molar refractivity (Wildman–Crippen MR) is 340 cm³/mol. The van der Waals surface area contributed by atoms with Gasteiger partial charge in [-0.05, 0) is 176 Å². The van der Waals surface area contributed by atoms with E-state index in [0.29, 0.717) is 88.9 Å². The normalized spacial score (nSPS) is 17.7. The second-order valence-electron chi connectivity index (χ2n) is 22.0. The average molecular weight is 1460 g/mol. The summed E-state index contributed by atoms with van der Waals surface area (Å²) < 4.78 is 127. The van der Waals surface area contributed by atoms with E-state index in [0.717, 1.165) is 73.4 Å². The van der Waals surface area contributed by atoms with E-state index in [1.54, 1.807) is 87.2 Å². The van der Waals surface area contributed by atoms with Crippen LogP contribution in [-0.2, 0) is 53.9 Å². The van der Waals surface area contributed by atoms with Gasteiger partial charge in [0.1, 0.15) is 11.5 Å². The minimum atomic E-state index is -5.08. The molecule has 6 aromatic rings. The predicted octanol–water partition coefficient (Wildman–Crippen LogP) is 12.1. The van der Waals surface area contributed by atoms with Crippen LogP contribution in [0.5, 0.6) is 0 Å². The van der Waals surface area contributed by atoms with Crippen molar-refractivity contribution < 1.29 is 81.4 Å². The highest BCUT2D eigenvalue weighted by molar-refractivity contribution is 9.09. The lowest BCUT2D eigenvalue weighted by Gasteiger charge is -2.38. The van der Waals surface area contributed by atoms with Crippen molar-refractivity contribution in [1.29, 1.82) is 0 Å². The molecule has 0 bridgehead atoms. The number of unbranched alkanes of at least 4 members (excludes halogenated alkanes) is 2. The average Bonchev–Trinajstić information content (AvgIpc) is 1.61. The van der Waals surface area contributed by atoms with Gasteiger partial charge in [0, 0.05) is 82.9 Å². The van der Waals surface area contributed by atoms with Crippen LogP contribution < -0.4 is 16.4 Å². The van der Waals surface area contributed by atoms with Crippen molar-refractivity contribution >= 4 is 75.3 Å². The van der Waals surface area contributed by atoms with E-state index in [4.69, 9.17) is 34.4 Å². The standard InChI is InChI=1S/C29H36N4O4S.C24H28N4O4S.C5H10Br2.2C2HF3O2/c1-21-27(20-38(35,36)26-13-11-25(12-14-26)33-16-3-2-4-17-33)32-29(37-21)24-9-7-23(8-10-24)28(34)31-19-22-6-5-15-30-18-22;1-16-22(15-33(30,31)21-10-8-20(25)9-11-21)28-24(32-16)19-6-4-18(5-7-19)23(29)27-14-17-3-2-12-26-13-17;6-4-2-1-3-5-7;2*3-2(4,5)1(6)7/h5-10,15,18,25-26H,2-4,11-14,16-17,19-20H2,1H3,(H,31,34);2-7,12-13,20-21H,8-11,14-15,25H2,1H3,(H,27,29);1-5H2;2*(H,6,7). The molecule has 1 aliphatic heterocycles. The van der Waals surface area contributed by atoms with Crippen molar-refractivity contribution in [3.8, 4) is 22.9 Å². The Morgan fingerprint density at radius 2 is 0.957 bits per heavy atom. The van der Waals surface area contributed by atoms with Crippen molar-refractivity contribution in [2.24, 2.45) is 5.73 Å². The third-order valence-corrected chi connectivity index (χ3v) is 20.6. The van der Waals surface area contributed by atoms with Crippen LogP contribution in [0.25, 0.3) is 22.9 Å². The van der Waals surface area contributed by atoms with Crippen molar-refractivity contribution in [3.05, 3.63) is 143 Å². The Balaban J connectivity index is 0.000000256.